The van der Waals surface area contributed by atoms with Crippen LogP contribution in [0.25, 0.3) is 0 Å². The number of nitrogens with two attached hydrogens (primary N) is 1. The van der Waals surface area contributed by atoms with Crippen molar-refractivity contribution < 1.29 is 9.53 Å². The van der Waals surface area contributed by atoms with Gasteiger partial charge >= 0.3 is 0 Å². The monoisotopic (exact) mass is 338 g/mol. The van der Waals surface area contributed by atoms with Crippen LogP contribution in [0.15, 0.2) is 48.5 Å². The molecule has 0 aliphatic heterocycles. The average Bonchev–Trinajstić information content (AvgIpc) is 3.35. The normalized spacial score (nSPS) is 14.8. The number of amides is 1. The molecule has 0 radical (unpaired) electrons. The highest BCUT2D eigenvalue weighted by Gasteiger charge is 2.43. The lowest BCUT2D eigenvalue weighted by molar-refractivity contribution is -0.121. The molecule has 0 atom stereocenters. The Bertz CT molecular complexity index is 704. The summed E-state index contributed by atoms with van der Waals surface area (Å²) in [4.78, 5) is 12.4. The lowest BCUT2D eigenvalue weighted by atomic mass is 10.0. The van der Waals surface area contributed by atoms with Crippen LogP contribution >= 0.6 is 0 Å². The zero-order valence-corrected chi connectivity index (χ0v) is 14.8. The first-order chi connectivity index (χ1) is 12.1. The first kappa shape index (κ1) is 17.5. The summed E-state index contributed by atoms with van der Waals surface area (Å²) >= 11 is 0. The standard InChI is InChI=1S/C21H26N2O2/c1-16-2-4-18(5-3-16)15-21(10-11-21)23-20(24)14-17-6-8-19(9-7-17)25-13-12-22/h2-9H,10-15,22H2,1H3,(H,23,24). The predicted molar refractivity (Wildman–Crippen MR) is 99.7 cm³/mol. The molecule has 25 heavy (non-hydrogen) atoms. The van der Waals surface area contributed by atoms with E-state index in [9.17, 15) is 4.79 Å². The van der Waals surface area contributed by atoms with E-state index in [1.165, 1.54) is 11.1 Å². The summed E-state index contributed by atoms with van der Waals surface area (Å²) in [6, 6.07) is 16.2. The molecule has 3 rings (SSSR count). The van der Waals surface area contributed by atoms with Gasteiger partial charge in [0.05, 0.1) is 6.42 Å². The number of aryl methyl sites for hydroxylation is 1. The van der Waals surface area contributed by atoms with Crippen molar-refractivity contribution >= 4 is 5.91 Å². The highest BCUT2D eigenvalue weighted by Crippen LogP contribution is 2.38. The van der Waals surface area contributed by atoms with Crippen molar-refractivity contribution in [2.75, 3.05) is 13.2 Å². The minimum atomic E-state index is -0.0451. The van der Waals surface area contributed by atoms with Crippen LogP contribution in [0.3, 0.4) is 0 Å². The van der Waals surface area contributed by atoms with E-state index in [0.29, 0.717) is 19.6 Å². The van der Waals surface area contributed by atoms with Gasteiger partial charge < -0.3 is 15.8 Å². The number of ether oxygens (including phenoxy) is 1. The van der Waals surface area contributed by atoms with Gasteiger partial charge in [0.25, 0.3) is 0 Å². The number of carbonyl (C=O) groups excluding carboxylic acids is 1. The second-order valence-electron chi connectivity index (χ2n) is 6.95. The average molecular weight is 338 g/mol. The molecule has 1 amide bonds. The van der Waals surface area contributed by atoms with Crippen LogP contribution in [0.4, 0.5) is 0 Å². The molecule has 0 unspecified atom stereocenters. The van der Waals surface area contributed by atoms with Crippen LogP contribution in [-0.2, 0) is 17.6 Å². The van der Waals surface area contributed by atoms with Crippen molar-refractivity contribution in [1.29, 1.82) is 0 Å². The molecule has 4 heteroatoms. The van der Waals surface area contributed by atoms with Crippen molar-refractivity contribution in [1.82, 2.24) is 5.32 Å². The molecule has 0 spiro atoms. The third-order valence-corrected chi connectivity index (χ3v) is 4.60. The number of hydrogen-bond acceptors (Lipinski definition) is 3. The number of nitrogens with one attached hydrogen (secondary N) is 1. The Morgan fingerprint density at radius 1 is 1.08 bits per heavy atom. The van der Waals surface area contributed by atoms with Gasteiger partial charge in [0.2, 0.25) is 5.91 Å². The molecule has 0 heterocycles. The van der Waals surface area contributed by atoms with Gasteiger partial charge in [0.1, 0.15) is 12.4 Å². The van der Waals surface area contributed by atoms with Gasteiger partial charge in [0, 0.05) is 12.1 Å². The van der Waals surface area contributed by atoms with Crippen LogP contribution in [0.1, 0.15) is 29.5 Å². The van der Waals surface area contributed by atoms with Crippen molar-refractivity contribution in [3.63, 3.8) is 0 Å². The SMILES string of the molecule is Cc1ccc(CC2(NC(=O)Cc3ccc(OCCN)cc3)CC2)cc1. The van der Waals surface area contributed by atoms with E-state index in [4.69, 9.17) is 10.5 Å². The molecule has 132 valence electrons. The lowest BCUT2D eigenvalue weighted by Crippen LogP contribution is -2.39. The first-order valence-electron chi connectivity index (χ1n) is 8.87. The number of rotatable bonds is 8. The Kier molecular flexibility index (Phi) is 5.39. The quantitative estimate of drug-likeness (QED) is 0.778. The van der Waals surface area contributed by atoms with E-state index < -0.39 is 0 Å². The summed E-state index contributed by atoms with van der Waals surface area (Å²) in [5.41, 5.74) is 8.91. The van der Waals surface area contributed by atoms with Gasteiger partial charge in [-0.3, -0.25) is 4.79 Å². The fraction of sp³-hybridized carbons (Fsp3) is 0.381. The molecule has 2 aromatic carbocycles. The largest absolute Gasteiger partial charge is 0.492 e. The second kappa shape index (κ2) is 7.70. The van der Waals surface area contributed by atoms with Gasteiger partial charge in [-0.1, -0.05) is 42.0 Å². The summed E-state index contributed by atoms with van der Waals surface area (Å²) in [6.07, 6.45) is 3.41. The highest BCUT2D eigenvalue weighted by molar-refractivity contribution is 5.79. The number of hydrogen-bond donors (Lipinski definition) is 2. The van der Waals surface area contributed by atoms with E-state index in [0.717, 1.165) is 30.6 Å². The number of carbonyl (C=O) groups is 1. The minimum absolute atomic E-state index is 0.0451. The van der Waals surface area contributed by atoms with Crippen molar-refractivity contribution in [3.05, 3.63) is 65.2 Å². The Labute approximate surface area is 149 Å². The van der Waals surface area contributed by atoms with E-state index in [1.807, 2.05) is 24.3 Å². The van der Waals surface area contributed by atoms with Gasteiger partial charge in [-0.2, -0.15) is 0 Å². The third kappa shape index (κ3) is 5.07. The Balaban J connectivity index is 1.52. The smallest absolute Gasteiger partial charge is 0.224 e. The fourth-order valence-corrected chi connectivity index (χ4v) is 3.00. The van der Waals surface area contributed by atoms with Crippen molar-refractivity contribution in [2.45, 2.75) is 38.1 Å². The maximum absolute atomic E-state index is 12.4. The zero-order valence-electron chi connectivity index (χ0n) is 14.8. The summed E-state index contributed by atoms with van der Waals surface area (Å²) < 4.78 is 5.45. The first-order valence-corrected chi connectivity index (χ1v) is 8.87. The summed E-state index contributed by atoms with van der Waals surface area (Å²) in [5.74, 6) is 0.868. The van der Waals surface area contributed by atoms with Crippen molar-refractivity contribution in [2.24, 2.45) is 5.73 Å². The Hall–Kier alpha value is -2.33. The molecule has 1 saturated carbocycles. The predicted octanol–water partition coefficient (Wildman–Crippen LogP) is 2.77. The topological polar surface area (TPSA) is 64.3 Å². The number of benzene rings is 2. The fourth-order valence-electron chi connectivity index (χ4n) is 3.00. The van der Waals surface area contributed by atoms with E-state index >= 15 is 0 Å². The Morgan fingerprint density at radius 3 is 2.32 bits per heavy atom. The molecule has 1 fully saturated rings. The molecule has 3 N–H and O–H groups in total. The minimum Gasteiger partial charge on any atom is -0.492 e. The maximum Gasteiger partial charge on any atom is 0.224 e. The molecule has 1 aliphatic rings. The third-order valence-electron chi connectivity index (χ3n) is 4.60. The molecule has 0 bridgehead atoms. The van der Waals surface area contributed by atoms with Gasteiger partial charge in [-0.05, 0) is 49.4 Å². The van der Waals surface area contributed by atoms with E-state index in [2.05, 4.69) is 36.5 Å². The molecule has 1 aliphatic carbocycles. The molecular formula is C21H26N2O2. The summed E-state index contributed by atoms with van der Waals surface area (Å²) in [7, 11) is 0. The van der Waals surface area contributed by atoms with Gasteiger partial charge in [0.15, 0.2) is 0 Å². The van der Waals surface area contributed by atoms with Crippen molar-refractivity contribution in [3.8, 4) is 5.75 Å². The molecule has 0 saturated heterocycles. The van der Waals surface area contributed by atoms with Crippen LogP contribution in [0, 0.1) is 6.92 Å². The van der Waals surface area contributed by atoms with Gasteiger partial charge in [-0.15, -0.1) is 0 Å². The van der Waals surface area contributed by atoms with Crippen LogP contribution in [0.5, 0.6) is 5.75 Å². The zero-order chi connectivity index (χ0) is 17.7. The molecule has 4 nitrogen and oxygen atoms in total. The van der Waals surface area contributed by atoms with Crippen LogP contribution in [0.2, 0.25) is 0 Å². The maximum atomic E-state index is 12.4. The second-order valence-corrected chi connectivity index (χ2v) is 6.95. The summed E-state index contributed by atoms with van der Waals surface area (Å²) in [6.45, 7) is 3.08. The lowest BCUT2D eigenvalue weighted by Gasteiger charge is -2.18. The van der Waals surface area contributed by atoms with Gasteiger partial charge in [-0.25, -0.2) is 0 Å². The molecule has 2 aromatic rings. The molecular weight excluding hydrogens is 312 g/mol. The van der Waals surface area contributed by atoms with Crippen LogP contribution in [-0.4, -0.2) is 24.6 Å². The van der Waals surface area contributed by atoms with E-state index in [-0.39, 0.29) is 11.4 Å². The highest BCUT2D eigenvalue weighted by atomic mass is 16.5. The van der Waals surface area contributed by atoms with E-state index in [1.54, 1.807) is 0 Å². The Morgan fingerprint density at radius 2 is 1.72 bits per heavy atom. The van der Waals surface area contributed by atoms with Crippen LogP contribution < -0.4 is 15.8 Å². The summed E-state index contributed by atoms with van der Waals surface area (Å²) in [5, 5.41) is 3.24. The molecule has 0 aromatic heterocycles.